The summed E-state index contributed by atoms with van der Waals surface area (Å²) in [6.07, 6.45) is 1.47. The summed E-state index contributed by atoms with van der Waals surface area (Å²) in [4.78, 5) is 40.3. The van der Waals surface area contributed by atoms with Crippen LogP contribution in [0.5, 0.6) is 0 Å². The lowest BCUT2D eigenvalue weighted by Crippen LogP contribution is -2.30. The van der Waals surface area contributed by atoms with Gasteiger partial charge in [-0.25, -0.2) is 14.7 Å². The molecule has 98 valence electrons. The average Bonchev–Trinajstić information content (AvgIpc) is 2.71. The molecule has 0 aliphatic carbocycles. The molecular formula is C14H8N2O4. The number of carbonyl (C=O) groups excluding carboxylic acids is 2. The molecule has 20 heavy (non-hydrogen) atoms. The number of hydrogen-bond donors (Lipinski definition) is 1. The van der Waals surface area contributed by atoms with Crippen molar-refractivity contribution in [2.75, 3.05) is 4.90 Å². The topological polar surface area (TPSA) is 87.6 Å². The molecule has 1 aromatic heterocycles. The second-order valence-corrected chi connectivity index (χ2v) is 4.20. The highest BCUT2D eigenvalue weighted by atomic mass is 16.4. The van der Waals surface area contributed by atoms with Crippen molar-refractivity contribution in [3.63, 3.8) is 0 Å². The second-order valence-electron chi connectivity index (χ2n) is 4.20. The van der Waals surface area contributed by atoms with E-state index < -0.39 is 17.8 Å². The Morgan fingerprint density at radius 1 is 1.05 bits per heavy atom. The summed E-state index contributed by atoms with van der Waals surface area (Å²) in [5.41, 5.74) is 0.235. The summed E-state index contributed by atoms with van der Waals surface area (Å²) in [6.45, 7) is 0. The first-order valence-electron chi connectivity index (χ1n) is 5.77. The van der Waals surface area contributed by atoms with Crippen LogP contribution in [0.1, 0.15) is 31.1 Å². The van der Waals surface area contributed by atoms with Crippen molar-refractivity contribution in [3.05, 3.63) is 59.3 Å². The molecule has 2 amide bonds. The van der Waals surface area contributed by atoms with Gasteiger partial charge in [0.25, 0.3) is 11.8 Å². The SMILES string of the molecule is O=C(O)c1ccc2c(c1)C(=O)N(c1ccccn1)C2=O. The number of fused-ring (bicyclic) bond motifs is 1. The van der Waals surface area contributed by atoms with Crippen LogP contribution < -0.4 is 4.90 Å². The molecule has 0 radical (unpaired) electrons. The Kier molecular flexibility index (Phi) is 2.57. The molecule has 1 aliphatic heterocycles. The zero-order valence-electron chi connectivity index (χ0n) is 10.1. The van der Waals surface area contributed by atoms with Gasteiger partial charge in [-0.1, -0.05) is 6.07 Å². The van der Waals surface area contributed by atoms with Crippen LogP contribution in [-0.2, 0) is 0 Å². The molecule has 0 spiro atoms. The van der Waals surface area contributed by atoms with Crippen molar-refractivity contribution in [3.8, 4) is 0 Å². The summed E-state index contributed by atoms with van der Waals surface area (Å²) >= 11 is 0. The van der Waals surface area contributed by atoms with Crippen LogP contribution in [0.2, 0.25) is 0 Å². The van der Waals surface area contributed by atoms with Gasteiger partial charge in [0.1, 0.15) is 5.82 Å². The fraction of sp³-hybridized carbons (Fsp3) is 0. The smallest absolute Gasteiger partial charge is 0.335 e. The van der Waals surface area contributed by atoms with E-state index in [-0.39, 0.29) is 22.5 Å². The standard InChI is InChI=1S/C14H8N2O4/c17-12-9-5-4-8(14(19)20)7-10(9)13(18)16(12)11-3-1-2-6-15-11/h1-7H,(H,19,20). The van der Waals surface area contributed by atoms with E-state index in [2.05, 4.69) is 4.98 Å². The molecule has 0 atom stereocenters. The Balaban J connectivity index is 2.11. The molecule has 2 heterocycles. The van der Waals surface area contributed by atoms with Gasteiger partial charge in [0.15, 0.2) is 0 Å². The van der Waals surface area contributed by atoms with Crippen LogP contribution in [0.25, 0.3) is 0 Å². The number of benzene rings is 1. The maximum absolute atomic E-state index is 12.3. The predicted octanol–water partition coefficient (Wildman–Crippen LogP) is 1.58. The Hall–Kier alpha value is -3.02. The zero-order chi connectivity index (χ0) is 14.3. The van der Waals surface area contributed by atoms with E-state index in [1.165, 1.54) is 24.4 Å². The minimum atomic E-state index is -1.15. The van der Waals surface area contributed by atoms with E-state index in [0.29, 0.717) is 0 Å². The highest BCUT2D eigenvalue weighted by Crippen LogP contribution is 2.27. The number of pyridine rings is 1. The number of imide groups is 1. The van der Waals surface area contributed by atoms with Crippen molar-refractivity contribution in [1.82, 2.24) is 4.98 Å². The van der Waals surface area contributed by atoms with Crippen LogP contribution in [0.4, 0.5) is 5.82 Å². The number of carboxylic acid groups (broad SMARTS) is 1. The predicted molar refractivity (Wildman–Crippen MR) is 68.8 cm³/mol. The lowest BCUT2D eigenvalue weighted by molar-refractivity contribution is 0.0696. The van der Waals surface area contributed by atoms with E-state index in [4.69, 9.17) is 5.11 Å². The molecule has 6 heteroatoms. The van der Waals surface area contributed by atoms with Crippen LogP contribution in [0.3, 0.4) is 0 Å². The van der Waals surface area contributed by atoms with Crippen LogP contribution in [0.15, 0.2) is 42.6 Å². The Bertz CT molecular complexity index is 740. The van der Waals surface area contributed by atoms with Crippen LogP contribution in [0, 0.1) is 0 Å². The molecule has 1 aliphatic rings. The number of aromatic carboxylic acids is 1. The van der Waals surface area contributed by atoms with Gasteiger partial charge in [0.05, 0.1) is 16.7 Å². The third-order valence-corrected chi connectivity index (χ3v) is 3.01. The lowest BCUT2D eigenvalue weighted by Gasteiger charge is -2.11. The molecule has 1 N–H and O–H groups in total. The molecule has 0 bridgehead atoms. The quantitative estimate of drug-likeness (QED) is 0.835. The largest absolute Gasteiger partial charge is 0.478 e. The van der Waals surface area contributed by atoms with Gasteiger partial charge in [-0.2, -0.15) is 0 Å². The summed E-state index contributed by atoms with van der Waals surface area (Å²) in [6, 6.07) is 8.73. The molecular weight excluding hydrogens is 260 g/mol. The normalized spacial score (nSPS) is 13.5. The molecule has 0 saturated heterocycles. The van der Waals surface area contributed by atoms with Gasteiger partial charge < -0.3 is 5.11 Å². The number of carboxylic acids is 1. The molecule has 6 nitrogen and oxygen atoms in total. The minimum Gasteiger partial charge on any atom is -0.478 e. The van der Waals surface area contributed by atoms with Gasteiger partial charge in [0, 0.05) is 6.20 Å². The molecule has 0 fully saturated rings. The van der Waals surface area contributed by atoms with Crippen molar-refractivity contribution in [2.24, 2.45) is 0 Å². The van der Waals surface area contributed by atoms with Crippen LogP contribution >= 0.6 is 0 Å². The van der Waals surface area contributed by atoms with E-state index in [9.17, 15) is 14.4 Å². The fourth-order valence-corrected chi connectivity index (χ4v) is 2.07. The number of carbonyl (C=O) groups is 3. The monoisotopic (exact) mass is 268 g/mol. The fourth-order valence-electron chi connectivity index (χ4n) is 2.07. The van der Waals surface area contributed by atoms with E-state index >= 15 is 0 Å². The van der Waals surface area contributed by atoms with Crippen molar-refractivity contribution < 1.29 is 19.5 Å². The van der Waals surface area contributed by atoms with Crippen molar-refractivity contribution in [2.45, 2.75) is 0 Å². The number of anilines is 1. The van der Waals surface area contributed by atoms with Crippen LogP contribution in [-0.4, -0.2) is 27.9 Å². The molecule has 2 aromatic rings. The number of rotatable bonds is 2. The third kappa shape index (κ3) is 1.66. The summed E-state index contributed by atoms with van der Waals surface area (Å²) in [5, 5.41) is 8.93. The number of aromatic nitrogens is 1. The first-order valence-corrected chi connectivity index (χ1v) is 5.77. The van der Waals surface area contributed by atoms with E-state index in [1.807, 2.05) is 0 Å². The lowest BCUT2D eigenvalue weighted by atomic mass is 10.1. The maximum Gasteiger partial charge on any atom is 0.335 e. The van der Waals surface area contributed by atoms with Crippen molar-refractivity contribution in [1.29, 1.82) is 0 Å². The Morgan fingerprint density at radius 3 is 2.45 bits per heavy atom. The Morgan fingerprint density at radius 2 is 1.80 bits per heavy atom. The number of nitrogens with zero attached hydrogens (tertiary/aromatic N) is 2. The van der Waals surface area contributed by atoms with Crippen molar-refractivity contribution >= 4 is 23.6 Å². The average molecular weight is 268 g/mol. The highest BCUT2D eigenvalue weighted by Gasteiger charge is 2.37. The number of amides is 2. The van der Waals surface area contributed by atoms with Gasteiger partial charge in [0.2, 0.25) is 0 Å². The first kappa shape index (κ1) is 12.0. The second kappa shape index (κ2) is 4.27. The number of hydrogen-bond acceptors (Lipinski definition) is 4. The minimum absolute atomic E-state index is 0.0345. The van der Waals surface area contributed by atoms with E-state index in [1.54, 1.807) is 18.2 Å². The zero-order valence-corrected chi connectivity index (χ0v) is 10.1. The maximum atomic E-state index is 12.3. The van der Waals surface area contributed by atoms with Gasteiger partial charge in [-0.3, -0.25) is 9.59 Å². The summed E-state index contributed by atoms with van der Waals surface area (Å²) < 4.78 is 0. The van der Waals surface area contributed by atoms with Gasteiger partial charge >= 0.3 is 5.97 Å². The highest BCUT2D eigenvalue weighted by molar-refractivity contribution is 6.34. The summed E-state index contributed by atoms with van der Waals surface area (Å²) in [5.74, 6) is -1.99. The Labute approximate surface area is 113 Å². The third-order valence-electron chi connectivity index (χ3n) is 3.01. The first-order chi connectivity index (χ1) is 9.59. The van der Waals surface area contributed by atoms with Gasteiger partial charge in [-0.15, -0.1) is 0 Å². The molecule has 1 aromatic carbocycles. The molecule has 3 rings (SSSR count). The summed E-state index contributed by atoms with van der Waals surface area (Å²) in [7, 11) is 0. The molecule has 0 saturated carbocycles. The van der Waals surface area contributed by atoms with E-state index in [0.717, 1.165) is 4.90 Å². The van der Waals surface area contributed by atoms with Gasteiger partial charge in [-0.05, 0) is 30.3 Å². The molecule has 0 unspecified atom stereocenters.